The largest absolute Gasteiger partial charge is 0.481 e. The first kappa shape index (κ1) is 31.1. The van der Waals surface area contributed by atoms with E-state index >= 15 is 0 Å². The smallest absolute Gasteiger partial charge is 0.407 e. The van der Waals surface area contributed by atoms with E-state index in [-0.39, 0.29) is 18.4 Å². The second kappa shape index (κ2) is 12.8. The number of carbonyl (C=O) groups is 5. The van der Waals surface area contributed by atoms with Gasteiger partial charge < -0.3 is 30.5 Å². The minimum absolute atomic E-state index is 0.0592. The Morgan fingerprint density at radius 2 is 1.51 bits per heavy atom. The summed E-state index contributed by atoms with van der Waals surface area (Å²) in [6, 6.07) is 13.1. The van der Waals surface area contributed by atoms with E-state index in [4.69, 9.17) is 9.84 Å². The van der Waals surface area contributed by atoms with Crippen LogP contribution < -0.4 is 10.6 Å². The predicted molar refractivity (Wildman–Crippen MR) is 150 cm³/mol. The molecule has 0 unspecified atom stereocenters. The summed E-state index contributed by atoms with van der Waals surface area (Å²) in [4.78, 5) is 62.8. The van der Waals surface area contributed by atoms with Crippen molar-refractivity contribution in [3.05, 3.63) is 59.7 Å². The molecule has 11 heteroatoms. The fourth-order valence-corrected chi connectivity index (χ4v) is 5.05. The van der Waals surface area contributed by atoms with Gasteiger partial charge in [0.25, 0.3) is 0 Å². The highest BCUT2D eigenvalue weighted by atomic mass is 16.5. The zero-order valence-electron chi connectivity index (χ0n) is 23.8. The number of alkyl carbamates (subject to hydrolysis) is 1. The number of ether oxygens (including phenoxy) is 1. The third kappa shape index (κ3) is 7.03. The summed E-state index contributed by atoms with van der Waals surface area (Å²) in [6.45, 7) is 6.43. The van der Waals surface area contributed by atoms with Crippen LogP contribution in [0, 0.1) is 5.92 Å². The molecule has 1 aliphatic carbocycles. The maximum atomic E-state index is 13.3. The van der Waals surface area contributed by atoms with E-state index in [2.05, 4.69) is 10.6 Å². The van der Waals surface area contributed by atoms with Gasteiger partial charge in [0, 0.05) is 13.0 Å². The topological polar surface area (TPSA) is 162 Å². The van der Waals surface area contributed by atoms with Crippen LogP contribution in [0.4, 0.5) is 4.79 Å². The molecule has 2 aromatic carbocycles. The van der Waals surface area contributed by atoms with Crippen molar-refractivity contribution in [1.29, 1.82) is 0 Å². The van der Waals surface area contributed by atoms with E-state index in [1.807, 2.05) is 55.5 Å². The van der Waals surface area contributed by atoms with E-state index in [9.17, 15) is 29.1 Å². The van der Waals surface area contributed by atoms with Crippen molar-refractivity contribution >= 4 is 29.8 Å². The predicted octanol–water partition coefficient (Wildman–Crippen LogP) is 3.22. The molecule has 3 amide bonds. The minimum Gasteiger partial charge on any atom is -0.481 e. The van der Waals surface area contributed by atoms with Crippen molar-refractivity contribution in [3.8, 4) is 11.1 Å². The Balaban J connectivity index is 1.69. The highest BCUT2D eigenvalue weighted by molar-refractivity contribution is 5.95. The van der Waals surface area contributed by atoms with Crippen molar-refractivity contribution in [3.63, 3.8) is 0 Å². The van der Waals surface area contributed by atoms with Gasteiger partial charge >= 0.3 is 18.0 Å². The number of aliphatic carboxylic acids is 2. The molecule has 2 aromatic rings. The highest BCUT2D eigenvalue weighted by Crippen LogP contribution is 2.44. The maximum Gasteiger partial charge on any atom is 0.407 e. The van der Waals surface area contributed by atoms with Crippen molar-refractivity contribution in [1.82, 2.24) is 15.5 Å². The summed E-state index contributed by atoms with van der Waals surface area (Å²) in [6.07, 6.45) is -1.07. The molecule has 0 spiro atoms. The van der Waals surface area contributed by atoms with Gasteiger partial charge in [-0.25, -0.2) is 9.59 Å². The molecule has 220 valence electrons. The molecule has 4 N–H and O–H groups in total. The molecule has 1 aliphatic rings. The third-order valence-corrected chi connectivity index (χ3v) is 7.52. The summed E-state index contributed by atoms with van der Waals surface area (Å²) in [5, 5.41) is 23.7. The van der Waals surface area contributed by atoms with Gasteiger partial charge in [-0.05, 0) is 42.0 Å². The molecule has 0 saturated carbocycles. The number of rotatable bonds is 12. The van der Waals surface area contributed by atoms with Crippen LogP contribution in [0.25, 0.3) is 11.1 Å². The molecular weight excluding hydrogens is 530 g/mol. The van der Waals surface area contributed by atoms with Crippen LogP contribution in [0.3, 0.4) is 0 Å². The molecule has 0 bridgehead atoms. The maximum absolute atomic E-state index is 13.3. The molecule has 0 heterocycles. The van der Waals surface area contributed by atoms with Crippen LogP contribution in [0.2, 0.25) is 0 Å². The van der Waals surface area contributed by atoms with Gasteiger partial charge in [-0.1, -0.05) is 68.8 Å². The fourth-order valence-electron chi connectivity index (χ4n) is 5.05. The monoisotopic (exact) mass is 567 g/mol. The minimum atomic E-state index is -1.62. The number of carbonyl (C=O) groups excluding carboxylic acids is 3. The van der Waals surface area contributed by atoms with Crippen LogP contribution in [0.15, 0.2) is 48.5 Å². The summed E-state index contributed by atoms with van der Waals surface area (Å²) < 4.78 is 5.60. The Kier molecular flexibility index (Phi) is 9.75. The standard InChI is InChI=1S/C30H37N3O8/c1-6-17(2)25(26(36)32-30(3,4)28(39)33(5)23(27(37)38)15-24(34)35)31-29(40)41-16-22-20-13-9-7-11-18(20)19-12-8-10-14-21(19)22/h7-14,17,22-23,25H,6,15-16H2,1-5H3,(H,31,40)(H,32,36)(H,34,35)(H,37,38)/t17-,23-,25-/m0/s1. The molecule has 0 aliphatic heterocycles. The van der Waals surface area contributed by atoms with Crippen molar-refractivity contribution < 1.29 is 38.9 Å². The summed E-state index contributed by atoms with van der Waals surface area (Å²) in [5.74, 6) is -4.84. The molecule has 0 saturated heterocycles. The van der Waals surface area contributed by atoms with Crippen LogP contribution in [-0.2, 0) is 23.9 Å². The van der Waals surface area contributed by atoms with E-state index in [0.29, 0.717) is 6.42 Å². The second-order valence-corrected chi connectivity index (χ2v) is 10.8. The summed E-state index contributed by atoms with van der Waals surface area (Å²) >= 11 is 0. The molecule has 0 aromatic heterocycles. The lowest BCUT2D eigenvalue weighted by molar-refractivity contribution is -0.155. The van der Waals surface area contributed by atoms with Crippen molar-refractivity contribution in [2.45, 2.75) is 64.1 Å². The van der Waals surface area contributed by atoms with Gasteiger partial charge in [0.05, 0.1) is 6.42 Å². The molecule has 41 heavy (non-hydrogen) atoms. The molecule has 3 rings (SSSR count). The highest BCUT2D eigenvalue weighted by Gasteiger charge is 2.40. The summed E-state index contributed by atoms with van der Waals surface area (Å²) in [7, 11) is 1.17. The van der Waals surface area contributed by atoms with Crippen LogP contribution in [0.1, 0.15) is 57.6 Å². The average molecular weight is 568 g/mol. The van der Waals surface area contributed by atoms with E-state index in [1.54, 1.807) is 6.92 Å². The number of carboxylic acids is 2. The SMILES string of the molecule is CC[C@H](C)[C@H](NC(=O)OCC1c2ccccc2-c2ccccc21)C(=O)NC(C)(C)C(=O)N(C)[C@@H](CC(=O)O)C(=O)O. The van der Waals surface area contributed by atoms with E-state index in [1.165, 1.54) is 20.9 Å². The Labute approximate surface area is 238 Å². The number of hydrogen-bond acceptors (Lipinski definition) is 6. The van der Waals surface area contributed by atoms with E-state index in [0.717, 1.165) is 27.2 Å². The van der Waals surface area contributed by atoms with Crippen LogP contribution in [0.5, 0.6) is 0 Å². The lowest BCUT2D eigenvalue weighted by Crippen LogP contribution is -2.62. The number of benzene rings is 2. The number of fused-ring (bicyclic) bond motifs is 3. The Morgan fingerprint density at radius 1 is 0.976 bits per heavy atom. The third-order valence-electron chi connectivity index (χ3n) is 7.52. The van der Waals surface area contributed by atoms with Gasteiger partial charge in [0.2, 0.25) is 11.8 Å². The molecular formula is C30H37N3O8. The first-order chi connectivity index (χ1) is 19.3. The molecule has 3 atom stereocenters. The quantitative estimate of drug-likeness (QED) is 0.304. The normalized spacial score (nSPS) is 14.6. The van der Waals surface area contributed by atoms with Gasteiger partial charge in [-0.3, -0.25) is 14.4 Å². The Hall–Kier alpha value is -4.41. The Morgan fingerprint density at radius 3 is 2.00 bits per heavy atom. The lowest BCUT2D eigenvalue weighted by atomic mass is 9.95. The fraction of sp³-hybridized carbons (Fsp3) is 0.433. The van der Waals surface area contributed by atoms with Gasteiger partial charge in [-0.2, -0.15) is 0 Å². The van der Waals surface area contributed by atoms with Crippen molar-refractivity contribution in [2.24, 2.45) is 5.92 Å². The van der Waals surface area contributed by atoms with Gasteiger partial charge in [0.1, 0.15) is 24.2 Å². The first-order valence-electron chi connectivity index (χ1n) is 13.4. The number of nitrogens with one attached hydrogen (secondary N) is 2. The molecule has 0 fully saturated rings. The summed E-state index contributed by atoms with van der Waals surface area (Å²) in [5.41, 5.74) is 2.65. The number of nitrogens with zero attached hydrogens (tertiary/aromatic N) is 1. The van der Waals surface area contributed by atoms with Crippen molar-refractivity contribution in [2.75, 3.05) is 13.7 Å². The number of hydrogen-bond donors (Lipinski definition) is 4. The zero-order valence-corrected chi connectivity index (χ0v) is 23.8. The van der Waals surface area contributed by atoms with Gasteiger partial charge in [-0.15, -0.1) is 0 Å². The Bertz CT molecular complexity index is 1280. The number of carboxylic acid groups (broad SMARTS) is 2. The van der Waals surface area contributed by atoms with Crippen LogP contribution in [-0.4, -0.2) is 76.2 Å². The average Bonchev–Trinajstić information content (AvgIpc) is 3.25. The lowest BCUT2D eigenvalue weighted by Gasteiger charge is -2.34. The number of likely N-dealkylation sites (N-methyl/N-ethyl adjacent to an activating group) is 1. The first-order valence-corrected chi connectivity index (χ1v) is 13.4. The zero-order chi connectivity index (χ0) is 30.5. The number of amides is 3. The molecule has 11 nitrogen and oxygen atoms in total. The molecule has 0 radical (unpaired) electrons. The van der Waals surface area contributed by atoms with Crippen LogP contribution >= 0.6 is 0 Å². The van der Waals surface area contributed by atoms with Gasteiger partial charge in [0.15, 0.2) is 0 Å². The van der Waals surface area contributed by atoms with E-state index < -0.39 is 53.9 Å². The second-order valence-electron chi connectivity index (χ2n) is 10.8.